The second kappa shape index (κ2) is 6.39. The molecule has 0 unspecified atom stereocenters. The first-order valence-corrected chi connectivity index (χ1v) is 6.39. The van der Waals surface area contributed by atoms with E-state index in [1.165, 1.54) is 0 Å². The number of rotatable bonds is 3. The lowest BCUT2D eigenvalue weighted by molar-refractivity contribution is -0.119. The van der Waals surface area contributed by atoms with Crippen molar-refractivity contribution in [3.8, 4) is 0 Å². The van der Waals surface area contributed by atoms with Gasteiger partial charge < -0.3 is 5.32 Å². The van der Waals surface area contributed by atoms with Crippen LogP contribution in [0.1, 0.15) is 17.5 Å². The molecule has 5 heteroatoms. The molecule has 0 spiro atoms. The average Bonchev–Trinajstić information content (AvgIpc) is 2.23. The van der Waals surface area contributed by atoms with Gasteiger partial charge in [-0.2, -0.15) is 0 Å². The van der Waals surface area contributed by atoms with E-state index >= 15 is 0 Å². The van der Waals surface area contributed by atoms with Crippen molar-refractivity contribution in [2.45, 2.75) is 20.3 Å². The molecule has 0 fully saturated rings. The Morgan fingerprint density at radius 3 is 2.53 bits per heavy atom. The zero-order valence-corrected chi connectivity index (χ0v) is 11.4. The molecule has 0 saturated carbocycles. The number of anilines is 1. The standard InChI is InChI=1S/C12H15BrN2O2/c1-8-3-4-10(7-9(8)2)14-12(17)15-11(16)5-6-13/h3-4,7H,5-6H2,1-2H3,(H2,14,15,16,17). The summed E-state index contributed by atoms with van der Waals surface area (Å²) >= 11 is 3.13. The largest absolute Gasteiger partial charge is 0.325 e. The number of hydrogen-bond acceptors (Lipinski definition) is 2. The molecule has 3 amide bonds. The topological polar surface area (TPSA) is 58.2 Å². The molecule has 0 aliphatic rings. The molecule has 0 aromatic heterocycles. The highest BCUT2D eigenvalue weighted by atomic mass is 79.9. The number of imide groups is 1. The minimum atomic E-state index is -0.501. The Balaban J connectivity index is 2.56. The second-order valence-electron chi connectivity index (χ2n) is 3.74. The summed E-state index contributed by atoms with van der Waals surface area (Å²) in [7, 11) is 0. The summed E-state index contributed by atoms with van der Waals surface area (Å²) in [6.45, 7) is 3.97. The summed E-state index contributed by atoms with van der Waals surface area (Å²) in [5.41, 5.74) is 2.93. The van der Waals surface area contributed by atoms with Crippen molar-refractivity contribution in [3.63, 3.8) is 0 Å². The molecule has 0 heterocycles. The van der Waals surface area contributed by atoms with Crippen LogP contribution in [0.5, 0.6) is 0 Å². The van der Waals surface area contributed by atoms with Crippen LogP contribution in [0.4, 0.5) is 10.5 Å². The highest BCUT2D eigenvalue weighted by Crippen LogP contribution is 2.13. The summed E-state index contributed by atoms with van der Waals surface area (Å²) in [5, 5.41) is 5.39. The first-order chi connectivity index (χ1) is 8.02. The monoisotopic (exact) mass is 298 g/mol. The van der Waals surface area contributed by atoms with E-state index in [0.29, 0.717) is 11.0 Å². The van der Waals surface area contributed by atoms with Crippen LogP contribution in [-0.2, 0) is 4.79 Å². The molecule has 0 aliphatic heterocycles. The van der Waals surface area contributed by atoms with Crippen LogP contribution in [0.3, 0.4) is 0 Å². The molecule has 0 radical (unpaired) electrons. The van der Waals surface area contributed by atoms with Gasteiger partial charge in [0.25, 0.3) is 0 Å². The smallest absolute Gasteiger partial charge is 0.308 e. The highest BCUT2D eigenvalue weighted by Gasteiger charge is 2.07. The summed E-state index contributed by atoms with van der Waals surface area (Å²) in [6.07, 6.45) is 0.278. The van der Waals surface area contributed by atoms with Crippen LogP contribution in [0.25, 0.3) is 0 Å². The number of hydrogen-bond donors (Lipinski definition) is 2. The van der Waals surface area contributed by atoms with Gasteiger partial charge in [-0.05, 0) is 37.1 Å². The van der Waals surface area contributed by atoms with E-state index in [9.17, 15) is 9.59 Å². The van der Waals surface area contributed by atoms with Crippen molar-refractivity contribution in [1.82, 2.24) is 5.32 Å². The maximum Gasteiger partial charge on any atom is 0.325 e. The lowest BCUT2D eigenvalue weighted by atomic mass is 10.1. The fourth-order valence-electron chi connectivity index (χ4n) is 1.26. The fourth-order valence-corrected chi connectivity index (χ4v) is 1.62. The number of benzene rings is 1. The Hall–Kier alpha value is -1.36. The molecule has 0 saturated heterocycles. The molecule has 2 N–H and O–H groups in total. The number of carbonyl (C=O) groups excluding carboxylic acids is 2. The Morgan fingerprint density at radius 1 is 1.24 bits per heavy atom. The van der Waals surface area contributed by atoms with Gasteiger partial charge in [-0.15, -0.1) is 0 Å². The molecule has 92 valence electrons. The van der Waals surface area contributed by atoms with Gasteiger partial charge >= 0.3 is 6.03 Å². The Morgan fingerprint density at radius 2 is 1.94 bits per heavy atom. The third kappa shape index (κ3) is 4.56. The van der Waals surface area contributed by atoms with Crippen LogP contribution in [-0.4, -0.2) is 17.3 Å². The van der Waals surface area contributed by atoms with Crippen molar-refractivity contribution < 1.29 is 9.59 Å². The van der Waals surface area contributed by atoms with Crippen LogP contribution < -0.4 is 10.6 Å². The van der Waals surface area contributed by atoms with Gasteiger partial charge in [0.15, 0.2) is 0 Å². The van der Waals surface area contributed by atoms with E-state index in [1.54, 1.807) is 6.07 Å². The lowest BCUT2D eigenvalue weighted by Crippen LogP contribution is -2.34. The maximum atomic E-state index is 11.4. The summed E-state index contributed by atoms with van der Waals surface area (Å²) in [5.74, 6) is -0.303. The van der Waals surface area contributed by atoms with E-state index in [-0.39, 0.29) is 12.3 Å². The van der Waals surface area contributed by atoms with E-state index in [0.717, 1.165) is 11.1 Å². The molecule has 0 aliphatic carbocycles. The van der Waals surface area contributed by atoms with Crippen LogP contribution in [0.15, 0.2) is 18.2 Å². The van der Waals surface area contributed by atoms with Gasteiger partial charge in [0.05, 0.1) is 0 Å². The third-order valence-electron chi connectivity index (χ3n) is 2.34. The van der Waals surface area contributed by atoms with Gasteiger partial charge in [0, 0.05) is 17.4 Å². The number of aryl methyl sites for hydroxylation is 2. The number of halogens is 1. The quantitative estimate of drug-likeness (QED) is 0.843. The number of nitrogens with one attached hydrogen (secondary N) is 2. The second-order valence-corrected chi connectivity index (χ2v) is 4.53. The van der Waals surface area contributed by atoms with Gasteiger partial charge in [0.2, 0.25) is 5.91 Å². The normalized spacial score (nSPS) is 9.82. The first-order valence-electron chi connectivity index (χ1n) is 5.27. The fraction of sp³-hybridized carbons (Fsp3) is 0.333. The van der Waals surface area contributed by atoms with Crippen molar-refractivity contribution in [1.29, 1.82) is 0 Å². The molecule has 1 aromatic rings. The Kier molecular flexibility index (Phi) is 5.15. The first kappa shape index (κ1) is 13.7. The van der Waals surface area contributed by atoms with E-state index in [4.69, 9.17) is 0 Å². The summed E-state index contributed by atoms with van der Waals surface area (Å²) in [6, 6.07) is 5.09. The zero-order chi connectivity index (χ0) is 12.8. The number of amides is 3. The molecule has 17 heavy (non-hydrogen) atoms. The minimum Gasteiger partial charge on any atom is -0.308 e. The van der Waals surface area contributed by atoms with Gasteiger partial charge in [-0.1, -0.05) is 22.0 Å². The molecular weight excluding hydrogens is 284 g/mol. The number of carbonyl (C=O) groups is 2. The Labute approximate surface area is 109 Å². The highest BCUT2D eigenvalue weighted by molar-refractivity contribution is 9.09. The van der Waals surface area contributed by atoms with Gasteiger partial charge in [-0.3, -0.25) is 10.1 Å². The van der Waals surface area contributed by atoms with Crippen LogP contribution in [0.2, 0.25) is 0 Å². The molecule has 1 rings (SSSR count). The molecule has 1 aromatic carbocycles. The van der Waals surface area contributed by atoms with Crippen LogP contribution >= 0.6 is 15.9 Å². The number of alkyl halides is 1. The zero-order valence-electron chi connectivity index (χ0n) is 9.84. The lowest BCUT2D eigenvalue weighted by Gasteiger charge is -2.08. The van der Waals surface area contributed by atoms with E-state index in [1.807, 2.05) is 26.0 Å². The predicted octanol–water partition coefficient (Wildman–Crippen LogP) is 2.74. The number of urea groups is 1. The van der Waals surface area contributed by atoms with Crippen molar-refractivity contribution >= 4 is 33.6 Å². The van der Waals surface area contributed by atoms with E-state index < -0.39 is 6.03 Å². The molecule has 0 atom stereocenters. The molecule has 4 nitrogen and oxygen atoms in total. The van der Waals surface area contributed by atoms with Crippen molar-refractivity contribution in [3.05, 3.63) is 29.3 Å². The predicted molar refractivity (Wildman–Crippen MR) is 71.5 cm³/mol. The average molecular weight is 299 g/mol. The van der Waals surface area contributed by atoms with Crippen LogP contribution in [0, 0.1) is 13.8 Å². The van der Waals surface area contributed by atoms with Crippen molar-refractivity contribution in [2.75, 3.05) is 10.6 Å². The summed E-state index contributed by atoms with van der Waals surface area (Å²) in [4.78, 5) is 22.6. The van der Waals surface area contributed by atoms with Gasteiger partial charge in [-0.25, -0.2) is 4.79 Å². The third-order valence-corrected chi connectivity index (χ3v) is 2.74. The molecular formula is C12H15BrN2O2. The van der Waals surface area contributed by atoms with Gasteiger partial charge in [0.1, 0.15) is 0 Å². The SMILES string of the molecule is Cc1ccc(NC(=O)NC(=O)CCBr)cc1C. The van der Waals surface area contributed by atoms with Crippen molar-refractivity contribution in [2.24, 2.45) is 0 Å². The Bertz CT molecular complexity index is 433. The molecule has 0 bridgehead atoms. The van der Waals surface area contributed by atoms with E-state index in [2.05, 4.69) is 26.6 Å². The minimum absolute atomic E-state index is 0.278. The summed E-state index contributed by atoms with van der Waals surface area (Å²) < 4.78 is 0. The maximum absolute atomic E-state index is 11.4.